The predicted octanol–water partition coefficient (Wildman–Crippen LogP) is 4.69. The van der Waals surface area contributed by atoms with Gasteiger partial charge in [-0.1, -0.05) is 24.6 Å². The third kappa shape index (κ3) is 4.15. The van der Waals surface area contributed by atoms with Crippen LogP contribution in [0.1, 0.15) is 40.2 Å². The van der Waals surface area contributed by atoms with Crippen molar-refractivity contribution in [2.45, 2.75) is 24.9 Å². The van der Waals surface area contributed by atoms with Gasteiger partial charge in [0.25, 0.3) is 6.43 Å². The van der Waals surface area contributed by atoms with E-state index in [1.807, 2.05) is 6.07 Å². The minimum Gasteiger partial charge on any atom is -0.478 e. The predicted molar refractivity (Wildman–Crippen MR) is 111 cm³/mol. The van der Waals surface area contributed by atoms with Crippen molar-refractivity contribution in [3.63, 3.8) is 0 Å². The maximum Gasteiger partial charge on any atom is 0.337 e. The monoisotopic (exact) mass is 461 g/mol. The molecule has 32 heavy (non-hydrogen) atoms. The molecule has 0 saturated heterocycles. The number of nitrogens with zero attached hydrogens (tertiary/aromatic N) is 3. The average molecular weight is 462 g/mol. The Balaban J connectivity index is 1.92. The Morgan fingerprint density at radius 1 is 1.28 bits per heavy atom. The summed E-state index contributed by atoms with van der Waals surface area (Å²) in [6.45, 7) is 1.42. The van der Waals surface area contributed by atoms with Gasteiger partial charge in [0.1, 0.15) is 17.5 Å². The molecule has 10 heteroatoms. The number of aliphatic hydroxyl groups is 1. The van der Waals surface area contributed by atoms with Crippen LogP contribution in [0.25, 0.3) is 0 Å². The molecule has 0 aliphatic rings. The van der Waals surface area contributed by atoms with Crippen LogP contribution in [-0.2, 0) is 12.6 Å². The van der Waals surface area contributed by atoms with Crippen molar-refractivity contribution in [1.82, 2.24) is 9.55 Å². The van der Waals surface area contributed by atoms with Gasteiger partial charge in [0, 0.05) is 30.3 Å². The highest BCUT2D eigenvalue weighted by Gasteiger charge is 2.48. The van der Waals surface area contributed by atoms with Gasteiger partial charge in [-0.2, -0.15) is 5.26 Å². The molecule has 0 aliphatic heterocycles. The average Bonchev–Trinajstić information content (AvgIpc) is 3.13. The first kappa shape index (κ1) is 23.2. The largest absolute Gasteiger partial charge is 0.478 e. The lowest BCUT2D eigenvalue weighted by Gasteiger charge is -2.34. The number of hydrogen-bond donors (Lipinski definition) is 2. The van der Waals surface area contributed by atoms with Crippen molar-refractivity contribution in [3.8, 4) is 17.7 Å². The molecule has 0 bridgehead atoms. The maximum absolute atomic E-state index is 14.1. The van der Waals surface area contributed by atoms with Gasteiger partial charge in [0.2, 0.25) is 5.88 Å². The fourth-order valence-electron chi connectivity index (χ4n) is 3.40. The van der Waals surface area contributed by atoms with E-state index in [-0.39, 0.29) is 39.2 Å². The second kappa shape index (κ2) is 8.94. The van der Waals surface area contributed by atoms with Gasteiger partial charge in [-0.3, -0.25) is 0 Å². The summed E-state index contributed by atoms with van der Waals surface area (Å²) < 4.78 is 35.0. The Hall–Kier alpha value is -3.48. The van der Waals surface area contributed by atoms with E-state index in [2.05, 4.69) is 4.98 Å². The highest BCUT2D eigenvalue weighted by molar-refractivity contribution is 6.31. The lowest BCUT2D eigenvalue weighted by Crippen LogP contribution is -2.41. The lowest BCUT2D eigenvalue weighted by atomic mass is 9.81. The minimum atomic E-state index is -3.17. The lowest BCUT2D eigenvalue weighted by molar-refractivity contribution is -0.121. The summed E-state index contributed by atoms with van der Waals surface area (Å²) in [6, 6.07) is 11.5. The number of halogens is 3. The molecule has 0 amide bonds. The number of hydrogen-bond acceptors (Lipinski definition) is 5. The first-order valence-corrected chi connectivity index (χ1v) is 9.70. The van der Waals surface area contributed by atoms with Crippen LogP contribution < -0.4 is 4.74 Å². The third-order valence-corrected chi connectivity index (χ3v) is 5.61. The van der Waals surface area contributed by atoms with Crippen LogP contribution in [0, 0.1) is 11.3 Å². The topological polar surface area (TPSA) is 108 Å². The van der Waals surface area contributed by atoms with Crippen LogP contribution >= 0.6 is 11.6 Å². The number of benzene rings is 1. The van der Waals surface area contributed by atoms with E-state index in [1.54, 1.807) is 0 Å². The van der Waals surface area contributed by atoms with Gasteiger partial charge in [-0.15, -0.1) is 0 Å². The summed E-state index contributed by atoms with van der Waals surface area (Å²) in [5, 5.41) is 29.2. The molecule has 0 aliphatic carbocycles. The number of carboxylic acids is 1. The summed E-state index contributed by atoms with van der Waals surface area (Å²) in [7, 11) is 1.43. The molecule has 7 nitrogen and oxygen atoms in total. The number of ether oxygens (including phenoxy) is 1. The van der Waals surface area contributed by atoms with Crippen LogP contribution in [-0.4, -0.2) is 32.2 Å². The molecular weight excluding hydrogens is 444 g/mol. The van der Waals surface area contributed by atoms with Crippen molar-refractivity contribution in [1.29, 1.82) is 5.26 Å². The zero-order chi connectivity index (χ0) is 23.6. The first-order chi connectivity index (χ1) is 15.1. The Bertz CT molecular complexity index is 1190. The zero-order valence-corrected chi connectivity index (χ0v) is 17.7. The standard InChI is InChI=1S/C22H18ClF2N3O4/c1-12(22(31,21(24)25)18-7-4-14(10-26)28(18)2)16-6-5-15(9-17(16)23)32-19-8-3-13(11-27-19)20(29)30/h3-9,11-12,21,31H,1-2H3,(H,29,30). The van der Waals surface area contributed by atoms with Crippen LogP contribution in [0.15, 0.2) is 48.7 Å². The smallest absolute Gasteiger partial charge is 0.337 e. The summed E-state index contributed by atoms with van der Waals surface area (Å²) in [6.07, 6.45) is -2.03. The third-order valence-electron chi connectivity index (χ3n) is 5.28. The summed E-state index contributed by atoms with van der Waals surface area (Å²) in [4.78, 5) is 14.8. The second-order valence-corrected chi connectivity index (χ2v) is 7.51. The van der Waals surface area contributed by atoms with Gasteiger partial charge in [-0.05, 0) is 35.9 Å². The van der Waals surface area contributed by atoms with Crippen LogP contribution in [0.4, 0.5) is 8.78 Å². The van der Waals surface area contributed by atoms with Crippen molar-refractivity contribution < 1.29 is 28.5 Å². The molecule has 2 aromatic heterocycles. The van der Waals surface area contributed by atoms with Gasteiger partial charge < -0.3 is 19.5 Å². The molecule has 0 saturated carbocycles. The van der Waals surface area contributed by atoms with E-state index in [9.17, 15) is 18.7 Å². The molecule has 3 rings (SSSR count). The van der Waals surface area contributed by atoms with Gasteiger partial charge in [-0.25, -0.2) is 18.6 Å². The van der Waals surface area contributed by atoms with Crippen LogP contribution in [0.5, 0.6) is 11.6 Å². The highest BCUT2D eigenvalue weighted by atomic mass is 35.5. The van der Waals surface area contributed by atoms with Crippen LogP contribution in [0.2, 0.25) is 5.02 Å². The molecule has 166 valence electrons. The molecule has 2 atom stereocenters. The minimum absolute atomic E-state index is 0.00827. The highest BCUT2D eigenvalue weighted by Crippen LogP contribution is 2.44. The van der Waals surface area contributed by atoms with Crippen molar-refractivity contribution >= 4 is 17.6 Å². The number of aromatic carboxylic acids is 1. The molecule has 0 radical (unpaired) electrons. The maximum atomic E-state index is 14.1. The number of alkyl halides is 2. The summed E-state index contributed by atoms with van der Waals surface area (Å²) >= 11 is 6.33. The molecule has 2 N–H and O–H groups in total. The number of nitriles is 1. The van der Waals surface area contributed by atoms with E-state index in [0.29, 0.717) is 0 Å². The fourth-order valence-corrected chi connectivity index (χ4v) is 3.73. The van der Waals surface area contributed by atoms with Crippen molar-refractivity contribution in [2.24, 2.45) is 7.05 Å². The summed E-state index contributed by atoms with van der Waals surface area (Å²) in [5.74, 6) is -1.91. The summed E-state index contributed by atoms with van der Waals surface area (Å²) in [5.41, 5.74) is -2.36. The van der Waals surface area contributed by atoms with Gasteiger partial charge in [0.05, 0.1) is 11.3 Å². The van der Waals surface area contributed by atoms with Gasteiger partial charge >= 0.3 is 5.97 Å². The second-order valence-electron chi connectivity index (χ2n) is 7.10. The normalized spacial score (nSPS) is 13.9. The Morgan fingerprint density at radius 3 is 2.50 bits per heavy atom. The van der Waals surface area contributed by atoms with Crippen molar-refractivity contribution in [2.75, 3.05) is 0 Å². The quantitative estimate of drug-likeness (QED) is 0.528. The van der Waals surface area contributed by atoms with E-state index in [1.165, 1.54) is 61.0 Å². The molecule has 2 heterocycles. The van der Waals surface area contributed by atoms with Crippen molar-refractivity contribution in [3.05, 3.63) is 76.2 Å². The fraction of sp³-hybridized carbons (Fsp3) is 0.227. The Labute approximate surface area is 187 Å². The number of aromatic nitrogens is 2. The number of carboxylic acid groups (broad SMARTS) is 1. The molecule has 2 unspecified atom stereocenters. The van der Waals surface area contributed by atoms with Gasteiger partial charge in [0.15, 0.2) is 5.60 Å². The SMILES string of the molecule is CC(c1ccc(Oc2ccc(C(=O)O)cn2)cc1Cl)C(O)(c1ccc(C#N)n1C)C(F)F. The molecule has 0 spiro atoms. The van der Waals surface area contributed by atoms with Crippen LogP contribution in [0.3, 0.4) is 0 Å². The Morgan fingerprint density at radius 2 is 2.00 bits per heavy atom. The molecule has 1 aromatic carbocycles. The number of pyridine rings is 1. The van der Waals surface area contributed by atoms with E-state index < -0.39 is 23.9 Å². The number of rotatable bonds is 7. The zero-order valence-electron chi connectivity index (χ0n) is 17.0. The van der Waals surface area contributed by atoms with E-state index in [0.717, 1.165) is 6.20 Å². The van der Waals surface area contributed by atoms with E-state index in [4.69, 9.17) is 26.7 Å². The molecule has 0 fully saturated rings. The Kier molecular flexibility index (Phi) is 6.48. The molecular formula is C22H18ClF2N3O4. The molecule has 3 aromatic rings. The first-order valence-electron chi connectivity index (χ1n) is 9.33. The van der Waals surface area contributed by atoms with E-state index >= 15 is 0 Å². The number of carbonyl (C=O) groups is 1.